The normalized spacial score (nSPS) is 16.6. The molecule has 2 N–H and O–H groups in total. The summed E-state index contributed by atoms with van der Waals surface area (Å²) in [5.74, 6) is 0. The lowest BCUT2D eigenvalue weighted by atomic mass is 9.93. The van der Waals surface area contributed by atoms with E-state index in [1.54, 1.807) is 0 Å². The molecule has 0 saturated heterocycles. The van der Waals surface area contributed by atoms with Gasteiger partial charge in [-0.15, -0.1) is 5.53 Å². The van der Waals surface area contributed by atoms with Crippen LogP contribution < -0.4 is 15.9 Å². The molecule has 2 aromatic rings. The largest absolute Gasteiger partial charge is 0.364 e. The molecule has 196 valence electrons. The highest BCUT2D eigenvalue weighted by Crippen LogP contribution is 2.41. The van der Waals surface area contributed by atoms with Crippen LogP contribution in [0.2, 0.25) is 0 Å². The number of benzene rings is 2. The zero-order valence-electron chi connectivity index (χ0n) is 23.2. The molecule has 0 amide bonds. The Kier molecular flexibility index (Phi) is 9.75. The maximum absolute atomic E-state index is 3.65. The van der Waals surface area contributed by atoms with E-state index in [1.807, 2.05) is 0 Å². The average Bonchev–Trinajstić information content (AvgIpc) is 3.33. The van der Waals surface area contributed by atoms with Crippen molar-refractivity contribution in [2.75, 3.05) is 4.90 Å². The van der Waals surface area contributed by atoms with Crippen LogP contribution in [0, 0.1) is 0 Å². The van der Waals surface area contributed by atoms with Crippen molar-refractivity contribution in [1.29, 1.82) is 0 Å². The molecule has 4 rings (SSSR count). The minimum absolute atomic E-state index is 0.482. The summed E-state index contributed by atoms with van der Waals surface area (Å²) in [6.07, 6.45) is 14.0. The van der Waals surface area contributed by atoms with E-state index in [9.17, 15) is 0 Å². The van der Waals surface area contributed by atoms with E-state index in [4.69, 9.17) is 0 Å². The number of rotatable bonds is 13. The molecule has 4 heteroatoms. The Balaban J connectivity index is 1.74. The van der Waals surface area contributed by atoms with E-state index in [0.717, 1.165) is 6.54 Å². The van der Waals surface area contributed by atoms with Gasteiger partial charge in [0.15, 0.2) is 0 Å². The van der Waals surface area contributed by atoms with Crippen molar-refractivity contribution in [2.45, 2.75) is 117 Å². The minimum atomic E-state index is 0.482. The Hall–Kier alpha value is -2.46. The van der Waals surface area contributed by atoms with Gasteiger partial charge in [0.25, 0.3) is 0 Å². The number of fused-ring (bicyclic) bond motifs is 4. The molecule has 0 aliphatic carbocycles. The van der Waals surface area contributed by atoms with Gasteiger partial charge in [-0.05, 0) is 37.8 Å². The van der Waals surface area contributed by atoms with Crippen molar-refractivity contribution in [3.8, 4) is 0 Å². The molecule has 2 aromatic carbocycles. The van der Waals surface area contributed by atoms with Gasteiger partial charge in [0.05, 0.1) is 11.4 Å². The molecule has 2 aliphatic heterocycles. The first-order valence-corrected chi connectivity index (χ1v) is 14.7. The van der Waals surface area contributed by atoms with Crippen LogP contribution in [0.4, 0.5) is 5.69 Å². The summed E-state index contributed by atoms with van der Waals surface area (Å²) in [4.78, 5) is 2.63. The minimum Gasteiger partial charge on any atom is -0.364 e. The van der Waals surface area contributed by atoms with Gasteiger partial charge in [-0.3, -0.25) is 5.01 Å². The molecule has 4 nitrogen and oxygen atoms in total. The zero-order chi connectivity index (χ0) is 25.3. The maximum atomic E-state index is 3.65. The van der Waals surface area contributed by atoms with Gasteiger partial charge in [0.2, 0.25) is 0 Å². The molecule has 0 saturated carbocycles. The van der Waals surface area contributed by atoms with Crippen molar-refractivity contribution in [1.82, 2.24) is 16.0 Å². The van der Waals surface area contributed by atoms with Crippen LogP contribution in [0.3, 0.4) is 0 Å². The van der Waals surface area contributed by atoms with Gasteiger partial charge in [-0.2, -0.15) is 0 Å². The van der Waals surface area contributed by atoms with E-state index in [-0.39, 0.29) is 0 Å². The van der Waals surface area contributed by atoms with Crippen LogP contribution in [-0.2, 0) is 6.54 Å². The number of anilines is 1. The number of hydrogen-bond acceptors (Lipinski definition) is 4. The van der Waals surface area contributed by atoms with E-state index in [2.05, 4.69) is 97.1 Å². The van der Waals surface area contributed by atoms with Crippen molar-refractivity contribution in [2.24, 2.45) is 0 Å². The Morgan fingerprint density at radius 1 is 0.750 bits per heavy atom. The predicted octanol–water partition coefficient (Wildman–Crippen LogP) is 8.27. The third-order valence-corrected chi connectivity index (χ3v) is 8.01. The van der Waals surface area contributed by atoms with Crippen molar-refractivity contribution < 1.29 is 0 Å². The summed E-state index contributed by atoms with van der Waals surface area (Å²) in [5.41, 5.74) is 15.3. The second kappa shape index (κ2) is 13.2. The van der Waals surface area contributed by atoms with Crippen LogP contribution in [0.25, 0.3) is 11.4 Å². The average molecular weight is 489 g/mol. The topological polar surface area (TPSA) is 30.5 Å². The Morgan fingerprint density at radius 2 is 1.47 bits per heavy atom. The summed E-state index contributed by atoms with van der Waals surface area (Å²) in [6, 6.07) is 19.1. The van der Waals surface area contributed by atoms with Gasteiger partial charge < -0.3 is 10.3 Å². The van der Waals surface area contributed by atoms with Gasteiger partial charge in [0, 0.05) is 35.4 Å². The van der Waals surface area contributed by atoms with Crippen molar-refractivity contribution >= 4 is 17.1 Å². The standard InChI is InChI=1S/C32H48N4/c1-5-8-10-11-12-20-27(17-7-3)36-32-28-21-14-13-19-26(28)24-35(25(4)18-9-6-2)30-23-16-15-22-29(30)31(32)33-34-36/h13-16,19,21-23,25,27,33-34H,5-12,17-18,20,24H2,1-4H3. The lowest BCUT2D eigenvalue weighted by molar-refractivity contribution is 0.186. The fourth-order valence-electron chi connectivity index (χ4n) is 5.95. The monoisotopic (exact) mass is 488 g/mol. The molecule has 2 aliphatic rings. The number of para-hydroxylation sites is 1. The molecule has 0 aromatic heterocycles. The lowest BCUT2D eigenvalue weighted by Crippen LogP contribution is -2.44. The number of hydrazine groups is 2. The van der Waals surface area contributed by atoms with Gasteiger partial charge >= 0.3 is 0 Å². The number of nitrogens with zero attached hydrogens (tertiary/aromatic N) is 2. The first kappa shape index (κ1) is 26.6. The fourth-order valence-corrected chi connectivity index (χ4v) is 5.95. The van der Waals surface area contributed by atoms with Crippen molar-refractivity contribution in [3.63, 3.8) is 0 Å². The summed E-state index contributed by atoms with van der Waals surface area (Å²) in [5, 5.41) is 2.48. The molecule has 0 radical (unpaired) electrons. The maximum Gasteiger partial charge on any atom is 0.0868 e. The summed E-state index contributed by atoms with van der Waals surface area (Å²) >= 11 is 0. The molecule has 2 unspecified atom stereocenters. The van der Waals surface area contributed by atoms with E-state index in [0.29, 0.717) is 12.1 Å². The zero-order valence-corrected chi connectivity index (χ0v) is 23.2. The first-order valence-electron chi connectivity index (χ1n) is 14.7. The molecule has 0 spiro atoms. The summed E-state index contributed by atoms with van der Waals surface area (Å²) in [6.45, 7) is 10.2. The van der Waals surface area contributed by atoms with Gasteiger partial charge in [0.1, 0.15) is 0 Å². The fraction of sp³-hybridized carbons (Fsp3) is 0.562. The summed E-state index contributed by atoms with van der Waals surface area (Å²) < 4.78 is 0. The predicted molar refractivity (Wildman–Crippen MR) is 155 cm³/mol. The molecule has 0 fully saturated rings. The van der Waals surface area contributed by atoms with Gasteiger partial charge in [-0.1, -0.05) is 115 Å². The smallest absolute Gasteiger partial charge is 0.0868 e. The second-order valence-electron chi connectivity index (χ2n) is 10.8. The van der Waals surface area contributed by atoms with Crippen LogP contribution in [-0.4, -0.2) is 17.1 Å². The Bertz CT molecular complexity index is 997. The van der Waals surface area contributed by atoms with E-state index in [1.165, 1.54) is 104 Å². The number of hydrogen-bond donors (Lipinski definition) is 2. The van der Waals surface area contributed by atoms with E-state index < -0.39 is 0 Å². The number of nitrogens with one attached hydrogen (secondary N) is 2. The summed E-state index contributed by atoms with van der Waals surface area (Å²) in [7, 11) is 0. The Morgan fingerprint density at radius 3 is 2.25 bits per heavy atom. The molecular weight excluding hydrogens is 440 g/mol. The highest BCUT2D eigenvalue weighted by Gasteiger charge is 2.34. The van der Waals surface area contributed by atoms with Crippen LogP contribution in [0.5, 0.6) is 0 Å². The highest BCUT2D eigenvalue weighted by molar-refractivity contribution is 5.95. The molecule has 2 atom stereocenters. The lowest BCUT2D eigenvalue weighted by Gasteiger charge is -2.37. The molecule has 0 bridgehead atoms. The highest BCUT2D eigenvalue weighted by atomic mass is 15.7. The third kappa shape index (κ3) is 5.91. The number of unbranched alkanes of at least 4 members (excludes halogenated alkanes) is 5. The quantitative estimate of drug-likeness (QED) is 0.278. The molecule has 36 heavy (non-hydrogen) atoms. The molecular formula is C32H48N4. The van der Waals surface area contributed by atoms with E-state index >= 15 is 0 Å². The van der Waals surface area contributed by atoms with Crippen LogP contribution >= 0.6 is 0 Å². The Labute approximate surface area is 220 Å². The van der Waals surface area contributed by atoms with Crippen molar-refractivity contribution in [3.05, 3.63) is 65.2 Å². The van der Waals surface area contributed by atoms with Gasteiger partial charge in [-0.25, -0.2) is 0 Å². The van der Waals surface area contributed by atoms with Crippen LogP contribution in [0.15, 0.2) is 48.5 Å². The van der Waals surface area contributed by atoms with Crippen LogP contribution in [0.1, 0.15) is 115 Å². The first-order chi connectivity index (χ1) is 17.7. The molecule has 2 heterocycles. The SMILES string of the molecule is CCCCCCCC(CCC)N1NNC2=C1c1ccccc1CN(C(C)CCCC)c1ccccc12. The third-order valence-electron chi connectivity index (χ3n) is 8.01. The second-order valence-corrected chi connectivity index (χ2v) is 10.8.